The molecule has 0 amide bonds. The van der Waals surface area contributed by atoms with Crippen molar-refractivity contribution in [3.8, 4) is 16.8 Å². The van der Waals surface area contributed by atoms with Crippen molar-refractivity contribution in [1.29, 1.82) is 0 Å². The van der Waals surface area contributed by atoms with Crippen molar-refractivity contribution >= 4 is 27.5 Å². The Balaban J connectivity index is 2.00. The Morgan fingerprint density at radius 3 is 1.62 bits per heavy atom. The zero-order chi connectivity index (χ0) is 22.6. The molecule has 0 bridgehead atoms. The minimum Gasteiger partial charge on any atom is -0.318 e. The number of benzene rings is 4. The van der Waals surface area contributed by atoms with E-state index in [0.29, 0.717) is 11.0 Å². The molecule has 0 aliphatic rings. The highest BCUT2D eigenvalue weighted by Crippen LogP contribution is 2.42. The van der Waals surface area contributed by atoms with Crippen LogP contribution in [0.3, 0.4) is 0 Å². The molecule has 5 rings (SSSR count). The summed E-state index contributed by atoms with van der Waals surface area (Å²) in [6, 6.07) is 18.4. The minimum absolute atomic E-state index is 0.00190. The summed E-state index contributed by atoms with van der Waals surface area (Å²) in [5.74, 6) is -10.2. The Morgan fingerprint density at radius 2 is 1.09 bits per heavy atom. The number of para-hydroxylation sites is 3. The summed E-state index contributed by atoms with van der Waals surface area (Å²) in [7, 11) is 0. The predicted octanol–water partition coefficient (Wildman–Crippen LogP) is 7.70. The first-order valence-corrected chi connectivity index (χ1v) is 9.46. The van der Waals surface area contributed by atoms with E-state index in [1.165, 1.54) is 18.2 Å². The Labute approximate surface area is 178 Å². The highest BCUT2D eigenvalue weighted by molar-refractivity contribution is 6.10. The summed E-state index contributed by atoms with van der Waals surface area (Å²) < 4.78 is 72.9. The lowest BCUT2D eigenvalue weighted by Crippen LogP contribution is -2.06. The van der Waals surface area contributed by atoms with E-state index in [-0.39, 0.29) is 16.9 Å². The van der Waals surface area contributed by atoms with Crippen LogP contribution < -0.4 is 0 Å². The fraction of sp³-hybridized carbons (Fsp3) is 0. The molecule has 0 fully saturated rings. The minimum atomic E-state index is -2.23. The summed E-state index contributed by atoms with van der Waals surface area (Å²) in [5, 5.41) is 1.62. The molecular weight excluding hydrogens is 423 g/mol. The van der Waals surface area contributed by atoms with Gasteiger partial charge in [-0.15, -0.1) is 0 Å². The van der Waals surface area contributed by atoms with Gasteiger partial charge in [-0.2, -0.15) is 0 Å². The van der Waals surface area contributed by atoms with Gasteiger partial charge in [0.1, 0.15) is 0 Å². The van der Waals surface area contributed by atoms with Crippen LogP contribution in [0.5, 0.6) is 0 Å². The Hall–Kier alpha value is -4.18. The molecule has 0 spiro atoms. The lowest BCUT2D eigenvalue weighted by molar-refractivity contribution is 0.381. The summed E-state index contributed by atoms with van der Waals surface area (Å²) in [6.45, 7) is 7.60. The number of halogens is 5. The van der Waals surface area contributed by atoms with Crippen molar-refractivity contribution in [2.75, 3.05) is 0 Å². The van der Waals surface area contributed by atoms with Gasteiger partial charge in [-0.25, -0.2) is 26.8 Å². The Kier molecular flexibility index (Phi) is 4.45. The van der Waals surface area contributed by atoms with E-state index in [9.17, 15) is 22.0 Å². The first kappa shape index (κ1) is 19.8. The largest absolute Gasteiger partial charge is 0.318 e. The molecule has 0 saturated carbocycles. The van der Waals surface area contributed by atoms with Gasteiger partial charge in [0.15, 0.2) is 23.3 Å². The van der Waals surface area contributed by atoms with E-state index in [1.54, 1.807) is 28.8 Å². The first-order valence-electron chi connectivity index (χ1n) is 9.46. The second-order valence-electron chi connectivity index (χ2n) is 7.10. The number of rotatable bonds is 2. The monoisotopic (exact) mass is 434 g/mol. The summed E-state index contributed by atoms with van der Waals surface area (Å²) in [5.41, 5.74) is -0.0903. The lowest BCUT2D eigenvalue weighted by Gasteiger charge is -2.17. The van der Waals surface area contributed by atoms with Crippen molar-refractivity contribution in [3.63, 3.8) is 0 Å². The third-order valence-electron chi connectivity index (χ3n) is 5.42. The van der Waals surface area contributed by atoms with Crippen LogP contribution in [-0.2, 0) is 0 Å². The average Bonchev–Trinajstić information content (AvgIpc) is 3.15. The fourth-order valence-corrected chi connectivity index (χ4v) is 4.06. The molecule has 1 aromatic heterocycles. The van der Waals surface area contributed by atoms with E-state index in [0.717, 1.165) is 10.8 Å². The second-order valence-corrected chi connectivity index (χ2v) is 7.10. The van der Waals surface area contributed by atoms with Crippen LogP contribution >= 0.6 is 0 Å². The summed E-state index contributed by atoms with van der Waals surface area (Å²) in [6.07, 6.45) is 0. The molecule has 0 N–H and O–H groups in total. The molecule has 0 unspecified atom stereocenters. The SMILES string of the molecule is [C-]#[N+]c1cccc(-c2c(F)c(F)c(F)c(F)c2F)c1-n1c2ccccc2c2ccccc21. The zero-order valence-corrected chi connectivity index (χ0v) is 16.1. The zero-order valence-electron chi connectivity index (χ0n) is 16.1. The molecule has 1 heterocycles. The third-order valence-corrected chi connectivity index (χ3v) is 5.42. The molecule has 0 aliphatic carbocycles. The number of nitrogens with zero attached hydrogens (tertiary/aromatic N) is 2. The van der Waals surface area contributed by atoms with Crippen LogP contribution in [0.15, 0.2) is 66.7 Å². The van der Waals surface area contributed by atoms with E-state index >= 15 is 0 Å². The molecule has 0 aliphatic heterocycles. The topological polar surface area (TPSA) is 9.29 Å². The van der Waals surface area contributed by atoms with Gasteiger partial charge < -0.3 is 4.57 Å². The number of hydrogen-bond donors (Lipinski definition) is 0. The van der Waals surface area contributed by atoms with Gasteiger partial charge in [-0.1, -0.05) is 54.6 Å². The van der Waals surface area contributed by atoms with Gasteiger partial charge in [0.25, 0.3) is 0 Å². The number of hydrogen-bond acceptors (Lipinski definition) is 0. The van der Waals surface area contributed by atoms with Crippen LogP contribution in [0.25, 0.3) is 43.5 Å². The maximum Gasteiger partial charge on any atom is 0.211 e. The van der Waals surface area contributed by atoms with Crippen molar-refractivity contribution in [2.45, 2.75) is 0 Å². The van der Waals surface area contributed by atoms with Crippen molar-refractivity contribution < 1.29 is 22.0 Å². The maximum atomic E-state index is 14.8. The molecule has 7 heteroatoms. The smallest absolute Gasteiger partial charge is 0.211 e. The second kappa shape index (κ2) is 7.20. The molecule has 0 saturated heterocycles. The molecule has 32 heavy (non-hydrogen) atoms. The van der Waals surface area contributed by atoms with E-state index < -0.39 is 34.6 Å². The highest BCUT2D eigenvalue weighted by atomic mass is 19.2. The van der Waals surface area contributed by atoms with Gasteiger partial charge >= 0.3 is 0 Å². The molecule has 0 atom stereocenters. The van der Waals surface area contributed by atoms with Crippen molar-refractivity contribution in [3.05, 3.63) is 107 Å². The number of aromatic nitrogens is 1. The van der Waals surface area contributed by atoms with E-state index in [1.807, 2.05) is 24.3 Å². The third kappa shape index (κ3) is 2.63. The number of fused-ring (bicyclic) bond motifs is 3. The summed E-state index contributed by atoms with van der Waals surface area (Å²) >= 11 is 0. The lowest BCUT2D eigenvalue weighted by atomic mass is 10.00. The van der Waals surface area contributed by atoms with Crippen LogP contribution in [0.1, 0.15) is 0 Å². The van der Waals surface area contributed by atoms with Crippen LogP contribution in [0.4, 0.5) is 27.6 Å². The average molecular weight is 434 g/mol. The molecule has 0 radical (unpaired) electrons. The van der Waals surface area contributed by atoms with E-state index in [4.69, 9.17) is 6.57 Å². The Bertz CT molecular complexity index is 1510. The van der Waals surface area contributed by atoms with Gasteiger partial charge in [0.05, 0.1) is 28.9 Å². The maximum absolute atomic E-state index is 14.8. The van der Waals surface area contributed by atoms with Crippen molar-refractivity contribution in [2.24, 2.45) is 0 Å². The standard InChI is InChI=1S/C25H11F5N2/c1-31-16-10-6-9-15(19-20(26)22(28)24(30)23(29)21(19)27)25(16)32-17-11-4-2-7-13(17)14-8-3-5-12-18(14)32/h2-12H. The molecule has 156 valence electrons. The van der Waals surface area contributed by atoms with Crippen molar-refractivity contribution in [1.82, 2.24) is 4.57 Å². The van der Waals surface area contributed by atoms with Gasteiger partial charge in [0, 0.05) is 16.3 Å². The molecule has 4 aromatic carbocycles. The summed E-state index contributed by atoms with van der Waals surface area (Å²) in [4.78, 5) is 3.47. The first-order chi connectivity index (χ1) is 15.5. The molecule has 5 aromatic rings. The fourth-order valence-electron chi connectivity index (χ4n) is 4.06. The van der Waals surface area contributed by atoms with Crippen LogP contribution in [-0.4, -0.2) is 4.57 Å². The quantitative estimate of drug-likeness (QED) is 0.117. The predicted molar refractivity (Wildman–Crippen MR) is 112 cm³/mol. The van der Waals surface area contributed by atoms with Gasteiger partial charge in [0.2, 0.25) is 11.5 Å². The normalized spacial score (nSPS) is 11.2. The van der Waals surface area contributed by atoms with Crippen LogP contribution in [0, 0.1) is 35.7 Å². The van der Waals surface area contributed by atoms with Gasteiger partial charge in [-0.05, 0) is 12.1 Å². The molecular formula is C25H11F5N2. The Morgan fingerprint density at radius 1 is 0.594 bits per heavy atom. The highest BCUT2D eigenvalue weighted by Gasteiger charge is 2.29. The molecule has 2 nitrogen and oxygen atoms in total. The van der Waals surface area contributed by atoms with Gasteiger partial charge in [-0.3, -0.25) is 0 Å². The van der Waals surface area contributed by atoms with Crippen LogP contribution in [0.2, 0.25) is 0 Å². The van der Waals surface area contributed by atoms with E-state index in [2.05, 4.69) is 4.85 Å².